The molecule has 3 aromatic rings. The van der Waals surface area contributed by atoms with Crippen molar-refractivity contribution in [3.05, 3.63) is 81.2 Å². The molecule has 49 heavy (non-hydrogen) atoms. The SMILES string of the molecule is COc1ccc(-c2ccc(OCCN(C)C)c(C=C3SC(=S)N(CCCOc4ccc(C(=O)O)cc4CN4CCOCC4)C3=O)c2)cc1Cl. The average molecular weight is 726 g/mol. The van der Waals surface area contributed by atoms with E-state index in [1.807, 2.05) is 61.5 Å². The van der Waals surface area contributed by atoms with Crippen molar-refractivity contribution in [3.63, 3.8) is 0 Å². The van der Waals surface area contributed by atoms with Gasteiger partial charge in [-0.05, 0) is 80.2 Å². The first-order valence-corrected chi connectivity index (χ1v) is 17.5. The van der Waals surface area contributed by atoms with Crippen molar-refractivity contribution in [3.8, 4) is 28.4 Å². The number of aromatic carboxylic acids is 1. The van der Waals surface area contributed by atoms with E-state index < -0.39 is 5.97 Å². The number of hydrogen-bond donors (Lipinski definition) is 1. The van der Waals surface area contributed by atoms with Crippen LogP contribution in [0, 0.1) is 0 Å². The van der Waals surface area contributed by atoms with Gasteiger partial charge in [-0.15, -0.1) is 0 Å². The Morgan fingerprint density at radius 1 is 1.02 bits per heavy atom. The van der Waals surface area contributed by atoms with E-state index >= 15 is 0 Å². The second-order valence-corrected chi connectivity index (χ2v) is 13.9. The van der Waals surface area contributed by atoms with Gasteiger partial charge in [-0.2, -0.15) is 0 Å². The summed E-state index contributed by atoms with van der Waals surface area (Å²) in [5.41, 5.74) is 3.58. The van der Waals surface area contributed by atoms with Crippen LogP contribution in [-0.4, -0.2) is 110 Å². The average Bonchev–Trinajstić information content (AvgIpc) is 3.35. The first-order valence-electron chi connectivity index (χ1n) is 15.9. The molecule has 0 saturated carbocycles. The molecule has 2 aliphatic rings. The molecule has 10 nitrogen and oxygen atoms in total. The summed E-state index contributed by atoms with van der Waals surface area (Å²) in [5, 5.41) is 10.0. The van der Waals surface area contributed by atoms with Crippen LogP contribution in [0.1, 0.15) is 27.9 Å². The molecule has 260 valence electrons. The van der Waals surface area contributed by atoms with Crippen LogP contribution in [-0.2, 0) is 16.1 Å². The molecule has 0 atom stereocenters. The van der Waals surface area contributed by atoms with Crippen LogP contribution in [0.25, 0.3) is 17.2 Å². The number of amides is 1. The number of methoxy groups -OCH3 is 1. The van der Waals surface area contributed by atoms with E-state index in [2.05, 4.69) is 4.90 Å². The minimum Gasteiger partial charge on any atom is -0.495 e. The highest BCUT2D eigenvalue weighted by Crippen LogP contribution is 2.37. The minimum absolute atomic E-state index is 0.175. The van der Waals surface area contributed by atoms with Gasteiger partial charge in [0, 0.05) is 43.9 Å². The van der Waals surface area contributed by atoms with E-state index in [0.29, 0.717) is 77.4 Å². The molecule has 0 unspecified atom stereocenters. The van der Waals surface area contributed by atoms with Crippen molar-refractivity contribution in [1.29, 1.82) is 0 Å². The Morgan fingerprint density at radius 3 is 2.41 bits per heavy atom. The summed E-state index contributed by atoms with van der Waals surface area (Å²) in [5.74, 6) is 0.715. The summed E-state index contributed by atoms with van der Waals surface area (Å²) in [4.78, 5) is 31.6. The molecule has 1 N–H and O–H groups in total. The third kappa shape index (κ3) is 9.74. The number of benzene rings is 3. The lowest BCUT2D eigenvalue weighted by atomic mass is 10.0. The number of carbonyl (C=O) groups excluding carboxylic acids is 1. The molecule has 2 aliphatic heterocycles. The van der Waals surface area contributed by atoms with Gasteiger partial charge in [-0.25, -0.2) is 4.79 Å². The quantitative estimate of drug-likeness (QED) is 0.111. The second-order valence-electron chi connectivity index (χ2n) is 11.8. The maximum absolute atomic E-state index is 13.6. The zero-order valence-electron chi connectivity index (χ0n) is 27.8. The molecule has 2 saturated heterocycles. The minimum atomic E-state index is -0.985. The lowest BCUT2D eigenvalue weighted by Gasteiger charge is -2.27. The molecule has 5 rings (SSSR count). The number of nitrogens with zero attached hydrogens (tertiary/aromatic N) is 3. The number of carboxylic acids is 1. The maximum Gasteiger partial charge on any atom is 0.335 e. The number of hydrogen-bond acceptors (Lipinski definition) is 10. The van der Waals surface area contributed by atoms with Crippen molar-refractivity contribution in [2.75, 3.05) is 73.8 Å². The number of ether oxygens (including phenoxy) is 4. The lowest BCUT2D eigenvalue weighted by Crippen LogP contribution is -2.35. The van der Waals surface area contributed by atoms with E-state index in [1.165, 1.54) is 11.8 Å². The van der Waals surface area contributed by atoms with Crippen molar-refractivity contribution >= 4 is 57.9 Å². The van der Waals surface area contributed by atoms with Crippen molar-refractivity contribution in [2.45, 2.75) is 13.0 Å². The van der Waals surface area contributed by atoms with Gasteiger partial charge < -0.3 is 29.0 Å². The first kappa shape index (κ1) is 36.6. The van der Waals surface area contributed by atoms with Gasteiger partial charge in [-0.3, -0.25) is 14.6 Å². The molecule has 0 bridgehead atoms. The van der Waals surface area contributed by atoms with Gasteiger partial charge in [0.1, 0.15) is 28.2 Å². The predicted molar refractivity (Wildman–Crippen MR) is 197 cm³/mol. The van der Waals surface area contributed by atoms with Gasteiger partial charge >= 0.3 is 5.97 Å². The highest BCUT2D eigenvalue weighted by molar-refractivity contribution is 8.26. The summed E-state index contributed by atoms with van der Waals surface area (Å²) in [6, 6.07) is 16.4. The number of thiocarbonyl (C=S) groups is 1. The van der Waals surface area contributed by atoms with E-state index in [-0.39, 0.29) is 11.5 Å². The standard InChI is InChI=1S/C36H40ClN3O7S2/c1-38(2)12-18-47-30-8-5-24(25-6-10-32(44-3)29(37)21-25)19-27(30)22-33-34(41)40(36(48)49-33)11-4-15-46-31-9-7-26(35(42)43)20-28(31)23-39-13-16-45-17-14-39/h5-10,19-22H,4,11-18,23H2,1-3H3,(H,42,43). The van der Waals surface area contributed by atoms with Crippen LogP contribution in [0.5, 0.6) is 17.2 Å². The van der Waals surface area contributed by atoms with E-state index in [1.54, 1.807) is 30.2 Å². The Kier molecular flexibility index (Phi) is 13.0. The van der Waals surface area contributed by atoms with Crippen LogP contribution in [0.3, 0.4) is 0 Å². The lowest BCUT2D eigenvalue weighted by molar-refractivity contribution is -0.122. The number of rotatable bonds is 15. The zero-order chi connectivity index (χ0) is 34.9. The molecule has 1 amide bonds. The molecule has 13 heteroatoms. The first-order chi connectivity index (χ1) is 23.6. The molecule has 0 aliphatic carbocycles. The normalized spacial score (nSPS) is 16.1. The highest BCUT2D eigenvalue weighted by atomic mass is 35.5. The van der Waals surface area contributed by atoms with Gasteiger partial charge in [0.05, 0.1) is 42.4 Å². The van der Waals surface area contributed by atoms with Gasteiger partial charge in [0.2, 0.25) is 0 Å². The largest absolute Gasteiger partial charge is 0.495 e. The van der Waals surface area contributed by atoms with Gasteiger partial charge in [0.15, 0.2) is 0 Å². The fourth-order valence-electron chi connectivity index (χ4n) is 5.37. The second kappa shape index (κ2) is 17.3. The van der Waals surface area contributed by atoms with Crippen LogP contribution in [0.15, 0.2) is 59.5 Å². The molecule has 0 aromatic heterocycles. The van der Waals surface area contributed by atoms with Crippen molar-refractivity contribution in [2.24, 2.45) is 0 Å². The summed E-state index contributed by atoms with van der Waals surface area (Å²) >= 11 is 13.3. The van der Waals surface area contributed by atoms with Crippen molar-refractivity contribution in [1.82, 2.24) is 14.7 Å². The number of likely N-dealkylation sites (N-methyl/N-ethyl adjacent to an activating group) is 1. The molecule has 2 heterocycles. The van der Waals surface area contributed by atoms with Crippen molar-refractivity contribution < 1.29 is 33.6 Å². The number of carbonyl (C=O) groups is 2. The third-order valence-electron chi connectivity index (χ3n) is 8.04. The number of halogens is 1. The molecular weight excluding hydrogens is 686 g/mol. The summed E-state index contributed by atoms with van der Waals surface area (Å²) < 4.78 is 23.5. The summed E-state index contributed by atoms with van der Waals surface area (Å²) in [6.07, 6.45) is 2.36. The molecule has 2 fully saturated rings. The fourth-order valence-corrected chi connectivity index (χ4v) is 6.93. The van der Waals surface area contributed by atoms with Crippen LogP contribution in [0.2, 0.25) is 5.02 Å². The van der Waals surface area contributed by atoms with E-state index in [4.69, 9.17) is 42.8 Å². The molecular formula is C36H40ClN3O7S2. The van der Waals surface area contributed by atoms with Crippen LogP contribution >= 0.6 is 35.6 Å². The van der Waals surface area contributed by atoms with Gasteiger partial charge in [-0.1, -0.05) is 47.7 Å². The predicted octanol–water partition coefficient (Wildman–Crippen LogP) is 6.16. The van der Waals surface area contributed by atoms with Gasteiger partial charge in [0.25, 0.3) is 5.91 Å². The monoisotopic (exact) mass is 725 g/mol. The molecule has 3 aromatic carbocycles. The number of carboxylic acid groups (broad SMARTS) is 1. The zero-order valence-corrected chi connectivity index (χ0v) is 30.2. The summed E-state index contributed by atoms with van der Waals surface area (Å²) in [6.45, 7) is 5.30. The maximum atomic E-state index is 13.6. The van der Waals surface area contributed by atoms with Crippen LogP contribution < -0.4 is 14.2 Å². The number of thioether (sulfide) groups is 1. The molecule has 0 radical (unpaired) electrons. The van der Waals surface area contributed by atoms with E-state index in [9.17, 15) is 14.7 Å². The Morgan fingerprint density at radius 2 is 1.71 bits per heavy atom. The third-order valence-corrected chi connectivity index (χ3v) is 9.71. The highest BCUT2D eigenvalue weighted by Gasteiger charge is 2.32. The van der Waals surface area contributed by atoms with Crippen LogP contribution in [0.4, 0.5) is 0 Å². The fraction of sp³-hybridized carbons (Fsp3) is 0.361. The Bertz CT molecular complexity index is 1710. The Labute approximate surface area is 301 Å². The molecule has 0 spiro atoms. The number of morpholine rings is 1. The van der Waals surface area contributed by atoms with E-state index in [0.717, 1.165) is 41.9 Å². The smallest absolute Gasteiger partial charge is 0.335 e. The topological polar surface area (TPSA) is 101 Å². The Hall–Kier alpha value is -3.65. The summed E-state index contributed by atoms with van der Waals surface area (Å²) in [7, 11) is 5.54. The Balaban J connectivity index is 1.27.